The topological polar surface area (TPSA) is 126 Å². The minimum Gasteiger partial charge on any atom is -0.353 e. The first kappa shape index (κ1) is 23.9. The molecule has 4 rings (SSSR count). The first-order valence-corrected chi connectivity index (χ1v) is 13.4. The summed E-state index contributed by atoms with van der Waals surface area (Å²) >= 11 is 1.41. The summed E-state index contributed by atoms with van der Waals surface area (Å²) in [7, 11) is -2.00. The van der Waals surface area contributed by atoms with E-state index in [4.69, 9.17) is 4.84 Å². The van der Waals surface area contributed by atoms with Crippen molar-refractivity contribution >= 4 is 55.3 Å². The van der Waals surface area contributed by atoms with Gasteiger partial charge in [0, 0.05) is 30.9 Å². The van der Waals surface area contributed by atoms with Crippen LogP contribution in [-0.2, 0) is 14.9 Å². The summed E-state index contributed by atoms with van der Waals surface area (Å²) in [6.45, 7) is 2.06. The van der Waals surface area contributed by atoms with Gasteiger partial charge in [0.1, 0.15) is 5.82 Å². The largest absolute Gasteiger partial charge is 0.353 e. The van der Waals surface area contributed by atoms with Crippen LogP contribution in [-0.4, -0.2) is 44.2 Å². The summed E-state index contributed by atoms with van der Waals surface area (Å²) in [5, 5.41) is 8.82. The molecule has 3 aromatic rings. The van der Waals surface area contributed by atoms with E-state index in [9.17, 15) is 13.2 Å². The van der Waals surface area contributed by atoms with Crippen LogP contribution in [0.15, 0.2) is 42.0 Å². The smallest absolute Gasteiger partial charge is 0.278 e. The molecular formula is C22H26N6O4S2. The molecule has 0 atom stereocenters. The molecule has 3 N–H and O–H groups in total. The minimum atomic E-state index is -3.51. The number of hydrogen-bond donors (Lipinski definition) is 3. The molecule has 0 bridgehead atoms. The van der Waals surface area contributed by atoms with Crippen LogP contribution < -0.4 is 20.4 Å². The number of hydroxylamine groups is 1. The Morgan fingerprint density at radius 3 is 2.65 bits per heavy atom. The Morgan fingerprint density at radius 1 is 1.21 bits per heavy atom. The van der Waals surface area contributed by atoms with E-state index in [1.807, 2.05) is 23.6 Å². The van der Waals surface area contributed by atoms with Gasteiger partial charge in [-0.1, -0.05) is 6.07 Å². The zero-order valence-corrected chi connectivity index (χ0v) is 20.7. The van der Waals surface area contributed by atoms with Crippen LogP contribution >= 0.6 is 11.3 Å². The SMILES string of the molecule is CCONC(=O)c1cnc(Nc2nccs2)cc1Nc1ccc(C2CC2)cc1N(C)S(C)(=O)=O. The lowest BCUT2D eigenvalue weighted by Crippen LogP contribution is -2.26. The van der Waals surface area contributed by atoms with Gasteiger partial charge in [0.2, 0.25) is 10.0 Å². The van der Waals surface area contributed by atoms with Crippen LogP contribution in [0.2, 0.25) is 0 Å². The molecule has 0 unspecified atom stereocenters. The van der Waals surface area contributed by atoms with Gasteiger partial charge in [-0.05, 0) is 43.4 Å². The fourth-order valence-electron chi connectivity index (χ4n) is 3.30. The number of nitrogens with one attached hydrogen (secondary N) is 3. The lowest BCUT2D eigenvalue weighted by molar-refractivity contribution is 0.0365. The van der Waals surface area contributed by atoms with Gasteiger partial charge in [0.15, 0.2) is 5.13 Å². The van der Waals surface area contributed by atoms with E-state index < -0.39 is 15.9 Å². The number of carbonyl (C=O) groups excluding carboxylic acids is 1. The third-order valence-corrected chi connectivity index (χ3v) is 7.18. The number of thiazole rings is 1. The van der Waals surface area contributed by atoms with Crippen LogP contribution in [0.3, 0.4) is 0 Å². The highest BCUT2D eigenvalue weighted by molar-refractivity contribution is 7.92. The highest BCUT2D eigenvalue weighted by Crippen LogP contribution is 2.43. The van der Waals surface area contributed by atoms with Gasteiger partial charge >= 0.3 is 0 Å². The van der Waals surface area contributed by atoms with E-state index in [1.54, 1.807) is 19.2 Å². The lowest BCUT2D eigenvalue weighted by atomic mass is 10.1. The average molecular weight is 503 g/mol. The number of amides is 1. The van der Waals surface area contributed by atoms with Gasteiger partial charge in [-0.3, -0.25) is 13.9 Å². The van der Waals surface area contributed by atoms with E-state index in [1.165, 1.54) is 28.9 Å². The Bertz CT molecular complexity index is 1280. The number of sulfonamides is 1. The zero-order valence-electron chi connectivity index (χ0n) is 19.0. The maximum absolute atomic E-state index is 12.7. The first-order chi connectivity index (χ1) is 16.3. The Morgan fingerprint density at radius 2 is 2.00 bits per heavy atom. The van der Waals surface area contributed by atoms with Crippen molar-refractivity contribution in [3.8, 4) is 0 Å². The normalized spacial score (nSPS) is 13.4. The fourth-order valence-corrected chi connectivity index (χ4v) is 4.35. The minimum absolute atomic E-state index is 0.234. The molecule has 180 valence electrons. The summed E-state index contributed by atoms with van der Waals surface area (Å²) in [5.41, 5.74) is 5.16. The van der Waals surface area contributed by atoms with E-state index in [2.05, 4.69) is 26.1 Å². The molecule has 2 heterocycles. The van der Waals surface area contributed by atoms with Crippen molar-refractivity contribution in [2.45, 2.75) is 25.7 Å². The maximum atomic E-state index is 12.7. The molecule has 1 amide bonds. The Balaban J connectivity index is 1.74. The number of rotatable bonds is 10. The number of aromatic nitrogens is 2. The van der Waals surface area contributed by atoms with Crippen LogP contribution in [0, 0.1) is 0 Å². The van der Waals surface area contributed by atoms with E-state index in [0.717, 1.165) is 24.7 Å². The first-order valence-electron chi connectivity index (χ1n) is 10.7. The molecular weight excluding hydrogens is 476 g/mol. The zero-order chi connectivity index (χ0) is 24.3. The highest BCUT2D eigenvalue weighted by Gasteiger charge is 2.26. The number of carbonyl (C=O) groups is 1. The molecule has 1 aliphatic rings. The molecule has 0 spiro atoms. The van der Waals surface area contributed by atoms with Crippen molar-refractivity contribution in [3.63, 3.8) is 0 Å². The molecule has 1 fully saturated rings. The molecule has 1 aromatic carbocycles. The molecule has 34 heavy (non-hydrogen) atoms. The second kappa shape index (κ2) is 9.95. The summed E-state index contributed by atoms with van der Waals surface area (Å²) < 4.78 is 25.9. The molecule has 2 aromatic heterocycles. The third-order valence-electron chi connectivity index (χ3n) is 5.30. The van der Waals surface area contributed by atoms with E-state index in [-0.39, 0.29) is 5.56 Å². The lowest BCUT2D eigenvalue weighted by Gasteiger charge is -2.23. The third kappa shape index (κ3) is 5.64. The Labute approximate surface area is 202 Å². The van der Waals surface area contributed by atoms with Gasteiger partial charge < -0.3 is 10.6 Å². The van der Waals surface area contributed by atoms with Crippen molar-refractivity contribution < 1.29 is 18.0 Å². The number of pyridine rings is 1. The monoisotopic (exact) mass is 502 g/mol. The van der Waals surface area contributed by atoms with Gasteiger partial charge in [0.25, 0.3) is 5.91 Å². The molecule has 0 radical (unpaired) electrons. The van der Waals surface area contributed by atoms with Crippen molar-refractivity contribution in [3.05, 3.63) is 53.2 Å². The van der Waals surface area contributed by atoms with Gasteiger partial charge in [-0.15, -0.1) is 11.3 Å². The Hall–Kier alpha value is -3.22. The predicted octanol–water partition coefficient (Wildman–Crippen LogP) is 3.98. The van der Waals surface area contributed by atoms with E-state index in [0.29, 0.717) is 40.5 Å². The van der Waals surface area contributed by atoms with Gasteiger partial charge in [-0.25, -0.2) is 23.9 Å². The van der Waals surface area contributed by atoms with Crippen LogP contribution in [0.5, 0.6) is 0 Å². The molecule has 0 saturated heterocycles. The Kier molecular flexibility index (Phi) is 7.00. The maximum Gasteiger partial charge on any atom is 0.278 e. The predicted molar refractivity (Wildman–Crippen MR) is 134 cm³/mol. The molecule has 12 heteroatoms. The average Bonchev–Trinajstić information content (AvgIpc) is 3.53. The van der Waals surface area contributed by atoms with Crippen LogP contribution in [0.4, 0.5) is 28.0 Å². The molecule has 0 aliphatic heterocycles. The molecule has 1 aliphatic carbocycles. The second-order valence-corrected chi connectivity index (χ2v) is 10.8. The number of nitrogens with zero attached hydrogens (tertiary/aromatic N) is 3. The quantitative estimate of drug-likeness (QED) is 0.356. The number of anilines is 5. The molecule has 10 nitrogen and oxygen atoms in total. The van der Waals surface area contributed by atoms with E-state index >= 15 is 0 Å². The molecule has 1 saturated carbocycles. The fraction of sp³-hybridized carbons (Fsp3) is 0.318. The summed E-state index contributed by atoms with van der Waals surface area (Å²) in [6.07, 6.45) is 6.43. The second-order valence-electron chi connectivity index (χ2n) is 7.85. The van der Waals surface area contributed by atoms with Crippen molar-refractivity contribution in [2.24, 2.45) is 0 Å². The van der Waals surface area contributed by atoms with Crippen molar-refractivity contribution in [2.75, 3.05) is 34.8 Å². The van der Waals surface area contributed by atoms with Crippen molar-refractivity contribution in [1.82, 2.24) is 15.4 Å². The number of benzene rings is 1. The summed E-state index contributed by atoms with van der Waals surface area (Å²) in [4.78, 5) is 26.3. The van der Waals surface area contributed by atoms with Crippen LogP contribution in [0.25, 0.3) is 0 Å². The summed E-state index contributed by atoms with van der Waals surface area (Å²) in [6, 6.07) is 7.37. The van der Waals surface area contributed by atoms with Gasteiger partial charge in [-0.2, -0.15) is 0 Å². The summed E-state index contributed by atoms with van der Waals surface area (Å²) in [5.74, 6) is 0.437. The standard InChI is InChI=1S/C22H26N6O4S2/c1-4-32-27-21(29)16-13-24-20(26-22-23-9-10-33-22)12-18(16)25-17-8-7-15(14-5-6-14)11-19(17)28(2)34(3,30)31/h7-14H,4-6H2,1-3H3,(H,27,29)(H2,23,24,25,26). The van der Waals surface area contributed by atoms with Gasteiger partial charge in [0.05, 0.1) is 35.5 Å². The number of hydrogen-bond acceptors (Lipinski definition) is 9. The highest BCUT2D eigenvalue weighted by atomic mass is 32.2. The van der Waals surface area contributed by atoms with Crippen LogP contribution in [0.1, 0.15) is 41.6 Å². The van der Waals surface area contributed by atoms with Crippen molar-refractivity contribution in [1.29, 1.82) is 0 Å².